The van der Waals surface area contributed by atoms with E-state index < -0.39 is 5.72 Å². The minimum Gasteiger partial charge on any atom is -0.449 e. The van der Waals surface area contributed by atoms with Gasteiger partial charge in [-0.1, -0.05) is 42.1 Å². The fourth-order valence-electron chi connectivity index (χ4n) is 2.44. The van der Waals surface area contributed by atoms with Crippen molar-refractivity contribution in [3.8, 4) is 0 Å². The van der Waals surface area contributed by atoms with Crippen LogP contribution in [-0.4, -0.2) is 39.3 Å². The molecule has 1 unspecified atom stereocenters. The summed E-state index contributed by atoms with van der Waals surface area (Å²) >= 11 is 3.51. The van der Waals surface area contributed by atoms with E-state index in [1.807, 2.05) is 0 Å². The van der Waals surface area contributed by atoms with Crippen molar-refractivity contribution >= 4 is 22.0 Å². The number of hydrogen-bond donors (Lipinski definition) is 1. The quantitative estimate of drug-likeness (QED) is 0.480. The number of hydrogen-bond acceptors (Lipinski definition) is 3. The molecule has 16 heavy (non-hydrogen) atoms. The van der Waals surface area contributed by atoms with Gasteiger partial charge < -0.3 is 9.84 Å². The van der Waals surface area contributed by atoms with Crippen LogP contribution in [0.15, 0.2) is 0 Å². The van der Waals surface area contributed by atoms with E-state index in [2.05, 4.69) is 22.9 Å². The summed E-state index contributed by atoms with van der Waals surface area (Å²) in [6.07, 6.45) is 4.65. The Kier molecular flexibility index (Phi) is 3.45. The van der Waals surface area contributed by atoms with E-state index in [-0.39, 0.29) is 17.0 Å². The summed E-state index contributed by atoms with van der Waals surface area (Å²) in [7, 11) is 0. The first-order chi connectivity index (χ1) is 7.62. The van der Waals surface area contributed by atoms with Gasteiger partial charge >= 0.3 is 6.09 Å². The maximum Gasteiger partial charge on any atom is 0.412 e. The minimum atomic E-state index is -0.999. The first-order valence-corrected chi connectivity index (χ1v) is 6.86. The molecule has 1 amide bonds. The number of alkyl halides is 1. The van der Waals surface area contributed by atoms with Gasteiger partial charge in [0.15, 0.2) is 5.72 Å². The number of nitrogens with zero attached hydrogens (tertiary/aromatic N) is 1. The Bertz CT molecular complexity index is 286. The largest absolute Gasteiger partial charge is 0.449 e. The van der Waals surface area contributed by atoms with Crippen molar-refractivity contribution < 1.29 is 14.6 Å². The van der Waals surface area contributed by atoms with Crippen molar-refractivity contribution in [2.45, 2.75) is 55.6 Å². The zero-order valence-electron chi connectivity index (χ0n) is 9.49. The van der Waals surface area contributed by atoms with Crippen LogP contribution in [0.2, 0.25) is 0 Å². The Morgan fingerprint density at radius 2 is 2.44 bits per heavy atom. The van der Waals surface area contributed by atoms with E-state index in [0.29, 0.717) is 6.61 Å². The van der Waals surface area contributed by atoms with Gasteiger partial charge in [-0.25, -0.2) is 4.79 Å². The molecule has 4 nitrogen and oxygen atoms in total. The monoisotopic (exact) mass is 291 g/mol. The van der Waals surface area contributed by atoms with E-state index in [9.17, 15) is 9.90 Å². The van der Waals surface area contributed by atoms with Crippen LogP contribution in [-0.2, 0) is 4.74 Å². The summed E-state index contributed by atoms with van der Waals surface area (Å²) in [5.41, 5.74) is -0.999. The molecule has 0 radical (unpaired) electrons. The van der Waals surface area contributed by atoms with Gasteiger partial charge in [0.2, 0.25) is 0 Å². The molecule has 92 valence electrons. The van der Waals surface area contributed by atoms with Crippen molar-refractivity contribution in [3.63, 3.8) is 0 Å². The van der Waals surface area contributed by atoms with Crippen LogP contribution in [0.5, 0.6) is 0 Å². The number of amides is 1. The van der Waals surface area contributed by atoms with Gasteiger partial charge in [0.25, 0.3) is 0 Å². The Labute approximate surface area is 104 Å². The van der Waals surface area contributed by atoms with Crippen molar-refractivity contribution in [1.29, 1.82) is 0 Å². The fourth-order valence-corrected chi connectivity index (χ4v) is 3.29. The Morgan fingerprint density at radius 3 is 3.06 bits per heavy atom. The number of carbonyl (C=O) groups excluding carboxylic acids is 1. The standard InChI is InChI=1S/C11H18BrNO3/c1-2-3-4-5-8(12)11(15)9-6-7-16-10(14)13(9)11/h8-9,15H,2-7H2,1H3/t8-,9?,11-,13?/m1/s1. The molecule has 0 aromatic heterocycles. The molecule has 0 aliphatic carbocycles. The molecule has 0 bridgehead atoms. The van der Waals surface area contributed by atoms with Gasteiger partial charge in [-0.05, 0) is 6.42 Å². The van der Waals surface area contributed by atoms with E-state index in [1.165, 1.54) is 4.90 Å². The average molecular weight is 292 g/mol. The third kappa shape index (κ3) is 1.84. The van der Waals surface area contributed by atoms with Gasteiger partial charge in [0.1, 0.15) is 0 Å². The van der Waals surface area contributed by atoms with Crippen LogP contribution in [0, 0.1) is 0 Å². The zero-order valence-corrected chi connectivity index (χ0v) is 11.1. The molecular weight excluding hydrogens is 274 g/mol. The number of unbranched alkanes of at least 4 members (excludes halogenated alkanes) is 2. The summed E-state index contributed by atoms with van der Waals surface area (Å²) in [6.45, 7) is 2.58. The topological polar surface area (TPSA) is 49.5 Å². The molecule has 2 heterocycles. The fraction of sp³-hybridized carbons (Fsp3) is 0.909. The summed E-state index contributed by atoms with van der Waals surface area (Å²) in [6, 6.07) is -0.0419. The number of carbonyl (C=O) groups is 1. The molecule has 5 heteroatoms. The van der Waals surface area contributed by atoms with E-state index in [4.69, 9.17) is 4.74 Å². The highest BCUT2D eigenvalue weighted by atomic mass is 79.9. The lowest BCUT2D eigenvalue weighted by Crippen LogP contribution is -2.32. The van der Waals surface area contributed by atoms with E-state index in [1.54, 1.807) is 0 Å². The van der Waals surface area contributed by atoms with Crippen LogP contribution < -0.4 is 0 Å². The Balaban J connectivity index is 1.91. The van der Waals surface area contributed by atoms with Crippen molar-refractivity contribution in [2.75, 3.05) is 6.61 Å². The van der Waals surface area contributed by atoms with Crippen LogP contribution >= 0.6 is 15.9 Å². The second kappa shape index (κ2) is 4.53. The molecule has 0 aromatic rings. The van der Waals surface area contributed by atoms with Crippen molar-refractivity contribution in [1.82, 2.24) is 4.90 Å². The molecule has 0 spiro atoms. The molecule has 2 aliphatic heterocycles. The lowest BCUT2D eigenvalue weighted by molar-refractivity contribution is 0.0678. The third-order valence-corrected chi connectivity index (χ3v) is 4.59. The first kappa shape index (κ1) is 12.2. The van der Waals surface area contributed by atoms with E-state index in [0.717, 1.165) is 32.1 Å². The molecule has 1 N–H and O–H groups in total. The maximum atomic E-state index is 11.4. The normalized spacial score (nSPS) is 34.3. The van der Waals surface area contributed by atoms with Crippen molar-refractivity contribution in [3.05, 3.63) is 0 Å². The molecule has 3 atom stereocenters. The lowest BCUT2D eigenvalue weighted by Gasteiger charge is -2.16. The first-order valence-electron chi connectivity index (χ1n) is 5.95. The summed E-state index contributed by atoms with van der Waals surface area (Å²) < 4.78 is 4.91. The van der Waals surface area contributed by atoms with Crippen LogP contribution in [0.1, 0.15) is 39.0 Å². The van der Waals surface area contributed by atoms with Gasteiger partial charge in [0, 0.05) is 6.42 Å². The smallest absolute Gasteiger partial charge is 0.412 e. The van der Waals surface area contributed by atoms with Gasteiger partial charge in [0.05, 0.1) is 17.5 Å². The van der Waals surface area contributed by atoms with Crippen LogP contribution in [0.25, 0.3) is 0 Å². The molecule has 2 fully saturated rings. The summed E-state index contributed by atoms with van der Waals surface area (Å²) in [5.74, 6) is 0. The molecule has 2 saturated heterocycles. The summed E-state index contributed by atoms with van der Waals surface area (Å²) in [5, 5.41) is 10.4. The van der Waals surface area contributed by atoms with Gasteiger partial charge in [-0.15, -0.1) is 0 Å². The number of halogens is 1. The van der Waals surface area contributed by atoms with E-state index >= 15 is 0 Å². The SMILES string of the molecule is CCCCC[C@@H](Br)[C@@]1(O)C2CCOC(=O)N21. The maximum absolute atomic E-state index is 11.4. The number of rotatable bonds is 5. The molecule has 0 saturated carbocycles. The zero-order chi connectivity index (χ0) is 11.8. The number of ether oxygens (including phenoxy) is 1. The Hall–Kier alpha value is -0.290. The van der Waals surface area contributed by atoms with Crippen LogP contribution in [0.4, 0.5) is 4.79 Å². The number of fused-ring (bicyclic) bond motifs is 1. The molecule has 2 aliphatic rings. The molecule has 2 rings (SSSR count). The lowest BCUT2D eigenvalue weighted by atomic mass is 10.1. The highest BCUT2D eigenvalue weighted by molar-refractivity contribution is 9.09. The van der Waals surface area contributed by atoms with Crippen LogP contribution in [0.3, 0.4) is 0 Å². The summed E-state index contributed by atoms with van der Waals surface area (Å²) in [4.78, 5) is 12.8. The highest BCUT2D eigenvalue weighted by Gasteiger charge is 2.69. The predicted molar refractivity (Wildman–Crippen MR) is 63.4 cm³/mol. The highest BCUT2D eigenvalue weighted by Crippen LogP contribution is 2.49. The Morgan fingerprint density at radius 1 is 1.69 bits per heavy atom. The van der Waals surface area contributed by atoms with Crippen molar-refractivity contribution in [2.24, 2.45) is 0 Å². The third-order valence-electron chi connectivity index (χ3n) is 3.46. The predicted octanol–water partition coefficient (Wildman–Crippen LogP) is 2.24. The van der Waals surface area contributed by atoms with Gasteiger partial charge in [-0.3, -0.25) is 4.90 Å². The molecular formula is C11H18BrNO3. The minimum absolute atomic E-state index is 0.0396. The number of aliphatic hydroxyl groups is 1. The molecule has 0 aromatic carbocycles. The number of cyclic esters (lactones) is 1. The average Bonchev–Trinajstić information content (AvgIpc) is 2.88. The van der Waals surface area contributed by atoms with Gasteiger partial charge in [-0.2, -0.15) is 0 Å². The second-order valence-electron chi connectivity index (χ2n) is 4.54. The second-order valence-corrected chi connectivity index (χ2v) is 5.64.